The summed E-state index contributed by atoms with van der Waals surface area (Å²) < 4.78 is 1.24. The maximum absolute atomic E-state index is 10.8. The molecule has 0 saturated heterocycles. The summed E-state index contributed by atoms with van der Waals surface area (Å²) in [5.41, 5.74) is 6.37. The zero-order valence-corrected chi connectivity index (χ0v) is 12.1. The minimum Gasteiger partial charge on any atom is -0.374 e. The normalized spacial score (nSPS) is 10.5. The van der Waals surface area contributed by atoms with Gasteiger partial charge in [-0.05, 0) is 21.5 Å². The second kappa shape index (κ2) is 5.63. The highest BCUT2D eigenvalue weighted by atomic mass is 79.9. The number of hydrogen-bond acceptors (Lipinski definition) is 7. The van der Waals surface area contributed by atoms with Gasteiger partial charge in [0.25, 0.3) is 5.69 Å². The van der Waals surface area contributed by atoms with Crippen LogP contribution in [0.5, 0.6) is 0 Å². The highest BCUT2D eigenvalue weighted by molar-refractivity contribution is 9.10. The smallest absolute Gasteiger partial charge is 0.283 e. The van der Waals surface area contributed by atoms with Crippen molar-refractivity contribution < 1.29 is 4.92 Å². The zero-order chi connectivity index (χ0) is 13.1. The number of rotatable bonds is 4. The first kappa shape index (κ1) is 13.2. The minimum atomic E-state index is -0.415. The average molecular weight is 347 g/mol. The maximum Gasteiger partial charge on any atom is 0.283 e. The molecule has 0 amide bonds. The van der Waals surface area contributed by atoms with Crippen LogP contribution in [0.3, 0.4) is 0 Å². The van der Waals surface area contributed by atoms with Gasteiger partial charge < -0.3 is 5.73 Å². The Bertz CT molecular complexity index is 590. The van der Waals surface area contributed by atoms with Gasteiger partial charge >= 0.3 is 0 Å². The van der Waals surface area contributed by atoms with Crippen LogP contribution >= 0.6 is 39.0 Å². The summed E-state index contributed by atoms with van der Waals surface area (Å²) in [6.45, 7) is 0. The lowest BCUT2D eigenvalue weighted by atomic mass is 10.2. The van der Waals surface area contributed by atoms with Crippen LogP contribution in [0.15, 0.2) is 27.0 Å². The number of thioether (sulfide) groups is 1. The van der Waals surface area contributed by atoms with E-state index >= 15 is 0 Å². The fourth-order valence-electron chi connectivity index (χ4n) is 1.24. The molecule has 1 aromatic carbocycles. The van der Waals surface area contributed by atoms with Crippen molar-refractivity contribution in [2.24, 2.45) is 0 Å². The first-order chi connectivity index (χ1) is 8.58. The Morgan fingerprint density at radius 2 is 2.28 bits per heavy atom. The van der Waals surface area contributed by atoms with Crippen LogP contribution in [0.25, 0.3) is 0 Å². The van der Waals surface area contributed by atoms with Gasteiger partial charge in [0, 0.05) is 11.8 Å². The molecule has 2 rings (SSSR count). The first-order valence-corrected chi connectivity index (χ1v) is 7.31. The molecular weight excluding hydrogens is 340 g/mol. The molecule has 1 aromatic heterocycles. The van der Waals surface area contributed by atoms with E-state index in [2.05, 4.69) is 26.1 Å². The topological polar surface area (TPSA) is 94.9 Å². The highest BCUT2D eigenvalue weighted by Gasteiger charge is 2.15. The van der Waals surface area contributed by atoms with E-state index in [1.165, 1.54) is 29.2 Å². The zero-order valence-electron chi connectivity index (χ0n) is 8.87. The number of nitrogen functional groups attached to an aromatic ring is 1. The van der Waals surface area contributed by atoms with Gasteiger partial charge in [0.1, 0.15) is 0 Å². The number of benzene rings is 1. The van der Waals surface area contributed by atoms with E-state index in [4.69, 9.17) is 5.73 Å². The molecule has 0 unspecified atom stereocenters. The number of anilines is 1. The summed E-state index contributed by atoms with van der Waals surface area (Å²) in [7, 11) is 0. The van der Waals surface area contributed by atoms with Gasteiger partial charge in [-0.2, -0.15) is 0 Å². The minimum absolute atomic E-state index is 0.0601. The van der Waals surface area contributed by atoms with Gasteiger partial charge in [-0.25, -0.2) is 0 Å². The molecule has 2 aromatic rings. The maximum atomic E-state index is 10.8. The molecule has 0 aliphatic rings. The molecular formula is C9H7BrN4O2S2. The molecule has 0 radical (unpaired) electrons. The van der Waals surface area contributed by atoms with Gasteiger partial charge in [0.05, 0.1) is 9.40 Å². The van der Waals surface area contributed by atoms with Crippen LogP contribution < -0.4 is 5.73 Å². The van der Waals surface area contributed by atoms with Crippen molar-refractivity contribution in [3.63, 3.8) is 0 Å². The molecule has 6 nitrogen and oxygen atoms in total. The van der Waals surface area contributed by atoms with Gasteiger partial charge in [-0.3, -0.25) is 10.1 Å². The van der Waals surface area contributed by atoms with Crippen molar-refractivity contribution in [2.75, 3.05) is 5.73 Å². The summed E-state index contributed by atoms with van der Waals surface area (Å²) in [5, 5.41) is 18.8. The van der Waals surface area contributed by atoms with Gasteiger partial charge in [-0.1, -0.05) is 35.2 Å². The van der Waals surface area contributed by atoms with Crippen molar-refractivity contribution in [1.29, 1.82) is 0 Å². The lowest BCUT2D eigenvalue weighted by Gasteiger charge is -2.02. The Labute approximate surface area is 119 Å². The van der Waals surface area contributed by atoms with E-state index in [0.29, 0.717) is 15.4 Å². The third-order valence-corrected chi connectivity index (χ3v) is 4.88. The van der Waals surface area contributed by atoms with Crippen molar-refractivity contribution in [3.05, 3.63) is 38.3 Å². The first-order valence-electron chi connectivity index (χ1n) is 4.71. The van der Waals surface area contributed by atoms with Gasteiger partial charge in [0.2, 0.25) is 5.13 Å². The number of nitrogens with zero attached hydrogens (tertiary/aromatic N) is 3. The Kier molecular flexibility index (Phi) is 4.15. The van der Waals surface area contributed by atoms with Crippen molar-refractivity contribution in [2.45, 2.75) is 10.1 Å². The molecule has 0 saturated carbocycles. The largest absolute Gasteiger partial charge is 0.374 e. The van der Waals surface area contributed by atoms with Crippen molar-refractivity contribution in [1.82, 2.24) is 10.2 Å². The van der Waals surface area contributed by atoms with Crippen LogP contribution in [0.2, 0.25) is 0 Å². The molecule has 0 spiro atoms. The van der Waals surface area contributed by atoms with Crippen LogP contribution in [0, 0.1) is 10.1 Å². The summed E-state index contributed by atoms with van der Waals surface area (Å²) in [6, 6.07) is 4.95. The number of aromatic nitrogens is 2. The van der Waals surface area contributed by atoms with E-state index in [0.717, 1.165) is 9.90 Å². The molecule has 0 aliphatic carbocycles. The van der Waals surface area contributed by atoms with E-state index in [9.17, 15) is 10.1 Å². The predicted octanol–water partition coefficient (Wildman–Crippen LogP) is 3.08. The molecule has 2 N–H and O–H groups in total. The fraction of sp³-hybridized carbons (Fsp3) is 0.111. The third kappa shape index (κ3) is 2.98. The number of halogens is 1. The Hall–Kier alpha value is -1.19. The molecule has 9 heteroatoms. The molecule has 18 heavy (non-hydrogen) atoms. The van der Waals surface area contributed by atoms with Gasteiger partial charge in [0.15, 0.2) is 4.34 Å². The summed E-state index contributed by atoms with van der Waals surface area (Å²) in [6.07, 6.45) is 0. The van der Waals surface area contributed by atoms with E-state index in [-0.39, 0.29) is 5.69 Å². The predicted molar refractivity (Wildman–Crippen MR) is 74.7 cm³/mol. The number of nitrogens with two attached hydrogens (primary N) is 1. The van der Waals surface area contributed by atoms with Crippen LogP contribution in [-0.4, -0.2) is 15.1 Å². The molecule has 0 atom stereocenters. The van der Waals surface area contributed by atoms with E-state index < -0.39 is 4.92 Å². The lowest BCUT2D eigenvalue weighted by Crippen LogP contribution is -1.92. The lowest BCUT2D eigenvalue weighted by molar-refractivity contribution is -0.385. The molecule has 0 bridgehead atoms. The Morgan fingerprint density at radius 1 is 1.50 bits per heavy atom. The van der Waals surface area contributed by atoms with Crippen molar-refractivity contribution >= 4 is 49.8 Å². The summed E-state index contributed by atoms with van der Waals surface area (Å²) in [4.78, 5) is 10.4. The summed E-state index contributed by atoms with van der Waals surface area (Å²) >= 11 is 5.98. The average Bonchev–Trinajstić information content (AvgIpc) is 2.73. The van der Waals surface area contributed by atoms with Crippen LogP contribution in [0.4, 0.5) is 10.8 Å². The quantitative estimate of drug-likeness (QED) is 0.519. The molecule has 1 heterocycles. The second-order valence-electron chi connectivity index (χ2n) is 3.20. The highest BCUT2D eigenvalue weighted by Crippen LogP contribution is 2.33. The van der Waals surface area contributed by atoms with Crippen molar-refractivity contribution in [3.8, 4) is 0 Å². The Balaban J connectivity index is 2.14. The van der Waals surface area contributed by atoms with Crippen LogP contribution in [-0.2, 0) is 5.75 Å². The molecule has 0 fully saturated rings. The van der Waals surface area contributed by atoms with E-state index in [1.807, 2.05) is 6.07 Å². The monoisotopic (exact) mass is 346 g/mol. The molecule has 0 aliphatic heterocycles. The second-order valence-corrected chi connectivity index (χ2v) is 6.23. The standard InChI is InChI=1S/C9H7BrN4O2S2/c10-7-5(2-1-3-6(7)14(15)16)4-17-9-13-12-8(11)18-9/h1-3H,4H2,(H2,11,12). The number of hydrogen-bond donors (Lipinski definition) is 1. The number of nitro benzene ring substituents is 1. The third-order valence-electron chi connectivity index (χ3n) is 2.03. The number of nitro groups is 1. The fourth-order valence-corrected chi connectivity index (χ4v) is 3.60. The SMILES string of the molecule is Nc1nnc(SCc2cccc([N+](=O)[O-])c2Br)s1. The Morgan fingerprint density at radius 3 is 2.89 bits per heavy atom. The van der Waals surface area contributed by atoms with Gasteiger partial charge in [-0.15, -0.1) is 10.2 Å². The van der Waals surface area contributed by atoms with E-state index in [1.54, 1.807) is 6.07 Å². The summed E-state index contributed by atoms with van der Waals surface area (Å²) in [5.74, 6) is 0.566. The van der Waals surface area contributed by atoms with Crippen LogP contribution in [0.1, 0.15) is 5.56 Å². The molecule has 94 valence electrons.